The van der Waals surface area contributed by atoms with E-state index < -0.39 is 5.79 Å². The van der Waals surface area contributed by atoms with Gasteiger partial charge >= 0.3 is 0 Å². The summed E-state index contributed by atoms with van der Waals surface area (Å²) in [7, 11) is 1.57. The Kier molecular flexibility index (Phi) is 5.33. The minimum Gasteiger partial charge on any atom is -0.383 e. The second-order valence-corrected chi connectivity index (χ2v) is 7.43. The number of nitrogens with one attached hydrogen (secondary N) is 1. The molecule has 0 unspecified atom stereocenters. The molecule has 0 atom stereocenters. The van der Waals surface area contributed by atoms with E-state index in [1.54, 1.807) is 30.2 Å². The Hall–Kier alpha value is -2.07. The molecule has 1 N–H and O–H groups in total. The summed E-state index contributed by atoms with van der Waals surface area (Å²) in [5.74, 6) is -0.587. The fraction of sp³-hybridized carbons (Fsp3) is 0.526. The molecular weight excluding hydrogens is 382 g/mol. The smallest absolute Gasteiger partial charge is 0.262 e. The molecule has 0 bridgehead atoms. The maximum atomic E-state index is 12.9. The van der Waals surface area contributed by atoms with E-state index in [2.05, 4.69) is 4.98 Å². The summed E-state index contributed by atoms with van der Waals surface area (Å²) in [5, 5.41) is 0.492. The number of benzene rings is 1. The summed E-state index contributed by atoms with van der Waals surface area (Å²) in [6, 6.07) is 5.06. The summed E-state index contributed by atoms with van der Waals surface area (Å²) >= 11 is 5.30. The number of piperidine rings is 1. The molecule has 2 aliphatic rings. The van der Waals surface area contributed by atoms with Gasteiger partial charge in [-0.2, -0.15) is 0 Å². The van der Waals surface area contributed by atoms with Crippen molar-refractivity contribution >= 4 is 29.0 Å². The Balaban J connectivity index is 1.57. The lowest BCUT2D eigenvalue weighted by Crippen LogP contribution is -2.47. The van der Waals surface area contributed by atoms with Gasteiger partial charge in [-0.3, -0.25) is 14.2 Å². The maximum Gasteiger partial charge on any atom is 0.262 e. The molecule has 4 rings (SSSR count). The number of hydrogen-bond acceptors (Lipinski definition) is 6. The lowest BCUT2D eigenvalue weighted by Gasteiger charge is -2.37. The maximum absolute atomic E-state index is 12.9. The van der Waals surface area contributed by atoms with E-state index in [9.17, 15) is 9.59 Å². The highest BCUT2D eigenvalue weighted by molar-refractivity contribution is 7.71. The van der Waals surface area contributed by atoms with Crippen molar-refractivity contribution in [1.29, 1.82) is 0 Å². The normalized spacial score (nSPS) is 18.8. The van der Waals surface area contributed by atoms with E-state index in [1.807, 2.05) is 0 Å². The van der Waals surface area contributed by atoms with Gasteiger partial charge in [0.25, 0.3) is 11.5 Å². The predicted molar refractivity (Wildman–Crippen MR) is 105 cm³/mol. The van der Waals surface area contributed by atoms with Gasteiger partial charge in [-0.1, -0.05) is 0 Å². The summed E-state index contributed by atoms with van der Waals surface area (Å²) in [6.07, 6.45) is 1.33. The first kappa shape index (κ1) is 19.3. The molecule has 0 radical (unpaired) electrons. The van der Waals surface area contributed by atoms with E-state index in [0.717, 1.165) is 0 Å². The van der Waals surface area contributed by atoms with Crippen LogP contribution in [0, 0.1) is 4.77 Å². The number of carbonyl (C=O) groups excluding carboxylic acids is 1. The van der Waals surface area contributed by atoms with Crippen molar-refractivity contribution in [2.45, 2.75) is 25.2 Å². The molecule has 1 spiro atoms. The van der Waals surface area contributed by atoms with Crippen molar-refractivity contribution in [2.24, 2.45) is 0 Å². The number of amides is 1. The van der Waals surface area contributed by atoms with E-state index in [0.29, 0.717) is 73.5 Å². The van der Waals surface area contributed by atoms with E-state index in [1.165, 1.54) is 4.57 Å². The molecule has 150 valence electrons. The number of carbonyl (C=O) groups is 1. The topological polar surface area (TPSA) is 85.8 Å². The van der Waals surface area contributed by atoms with E-state index in [-0.39, 0.29) is 11.5 Å². The zero-order chi connectivity index (χ0) is 19.7. The predicted octanol–water partition coefficient (Wildman–Crippen LogP) is 1.68. The number of aromatic amines is 1. The van der Waals surface area contributed by atoms with Gasteiger partial charge in [0.2, 0.25) is 0 Å². The Morgan fingerprint density at radius 3 is 2.68 bits per heavy atom. The minimum atomic E-state index is -0.515. The number of aromatic nitrogens is 2. The molecule has 2 aromatic rings. The van der Waals surface area contributed by atoms with Crippen molar-refractivity contribution in [2.75, 3.05) is 40.0 Å². The highest BCUT2D eigenvalue weighted by atomic mass is 32.1. The van der Waals surface area contributed by atoms with Crippen molar-refractivity contribution in [3.8, 4) is 0 Å². The first-order valence-corrected chi connectivity index (χ1v) is 9.77. The first-order chi connectivity index (χ1) is 13.5. The largest absolute Gasteiger partial charge is 0.383 e. The monoisotopic (exact) mass is 405 g/mol. The van der Waals surface area contributed by atoms with Gasteiger partial charge < -0.3 is 24.1 Å². The molecule has 1 aromatic heterocycles. The number of rotatable bonds is 4. The zero-order valence-electron chi connectivity index (χ0n) is 15.7. The Morgan fingerprint density at radius 2 is 2.00 bits per heavy atom. The average Bonchev–Trinajstić information content (AvgIpc) is 3.15. The van der Waals surface area contributed by atoms with Crippen LogP contribution in [0.2, 0.25) is 0 Å². The fourth-order valence-electron chi connectivity index (χ4n) is 3.79. The van der Waals surface area contributed by atoms with Crippen LogP contribution in [0.4, 0.5) is 0 Å². The number of hydrogen-bond donors (Lipinski definition) is 1. The van der Waals surface area contributed by atoms with Crippen LogP contribution in [0.25, 0.3) is 10.9 Å². The van der Waals surface area contributed by atoms with Crippen LogP contribution in [0.1, 0.15) is 23.2 Å². The molecule has 1 amide bonds. The minimum absolute atomic E-state index is 0.0716. The van der Waals surface area contributed by atoms with Crippen LogP contribution in [0.5, 0.6) is 0 Å². The summed E-state index contributed by atoms with van der Waals surface area (Å²) in [4.78, 5) is 30.5. The summed E-state index contributed by atoms with van der Waals surface area (Å²) in [5.41, 5.74) is 0.895. The molecule has 1 aromatic carbocycles. The van der Waals surface area contributed by atoms with Gasteiger partial charge in [-0.05, 0) is 30.4 Å². The first-order valence-electron chi connectivity index (χ1n) is 9.36. The van der Waals surface area contributed by atoms with Crippen LogP contribution in [-0.4, -0.2) is 66.2 Å². The fourth-order valence-corrected chi connectivity index (χ4v) is 4.08. The second-order valence-electron chi connectivity index (χ2n) is 7.04. The highest BCUT2D eigenvalue weighted by Crippen LogP contribution is 2.31. The number of fused-ring (bicyclic) bond motifs is 1. The molecule has 0 saturated carbocycles. The van der Waals surface area contributed by atoms with Gasteiger partial charge in [-0.15, -0.1) is 0 Å². The standard InChI is InChI=1S/C19H23N3O5S/c1-25-9-8-22-17(24)14-3-2-13(12-15(14)20-18(22)28)16(23)21-6-4-19(5-7-21)26-10-11-27-19/h2-3,12H,4-11H2,1H3,(H,20,28). The molecule has 9 heteroatoms. The Labute approximate surface area is 167 Å². The third kappa shape index (κ3) is 3.50. The van der Waals surface area contributed by atoms with Gasteiger partial charge in [0, 0.05) is 38.6 Å². The van der Waals surface area contributed by atoms with Gasteiger partial charge in [-0.25, -0.2) is 0 Å². The van der Waals surface area contributed by atoms with E-state index >= 15 is 0 Å². The lowest BCUT2D eigenvalue weighted by atomic mass is 10.0. The lowest BCUT2D eigenvalue weighted by molar-refractivity contribution is -0.181. The van der Waals surface area contributed by atoms with Crippen molar-refractivity contribution in [3.63, 3.8) is 0 Å². The third-order valence-electron chi connectivity index (χ3n) is 5.37. The number of nitrogens with zero attached hydrogens (tertiary/aromatic N) is 2. The number of likely N-dealkylation sites (tertiary alicyclic amines) is 1. The Bertz CT molecular complexity index is 999. The number of methoxy groups -OCH3 is 1. The zero-order valence-corrected chi connectivity index (χ0v) is 16.5. The van der Waals surface area contributed by atoms with Crippen molar-refractivity contribution < 1.29 is 19.0 Å². The molecule has 2 fully saturated rings. The Morgan fingerprint density at radius 1 is 1.29 bits per heavy atom. The van der Waals surface area contributed by atoms with E-state index in [4.69, 9.17) is 26.4 Å². The molecule has 0 aliphatic carbocycles. The van der Waals surface area contributed by atoms with Crippen LogP contribution in [-0.2, 0) is 20.8 Å². The van der Waals surface area contributed by atoms with Gasteiger partial charge in [0.15, 0.2) is 10.6 Å². The SMILES string of the molecule is COCCn1c(=S)[nH]c2cc(C(=O)N3CCC4(CC3)OCCO4)ccc2c1=O. The van der Waals surface area contributed by atoms with Crippen LogP contribution < -0.4 is 5.56 Å². The van der Waals surface area contributed by atoms with Crippen LogP contribution in [0.15, 0.2) is 23.0 Å². The van der Waals surface area contributed by atoms with Gasteiger partial charge in [0.1, 0.15) is 0 Å². The van der Waals surface area contributed by atoms with Gasteiger partial charge in [0.05, 0.1) is 37.3 Å². The molecule has 8 nitrogen and oxygen atoms in total. The number of ether oxygens (including phenoxy) is 3. The molecule has 2 saturated heterocycles. The second kappa shape index (κ2) is 7.75. The van der Waals surface area contributed by atoms with Crippen molar-refractivity contribution in [1.82, 2.24) is 14.5 Å². The number of H-pyrrole nitrogens is 1. The average molecular weight is 405 g/mol. The summed E-state index contributed by atoms with van der Waals surface area (Å²) < 4.78 is 18.2. The molecule has 2 aliphatic heterocycles. The highest BCUT2D eigenvalue weighted by Gasteiger charge is 2.40. The third-order valence-corrected chi connectivity index (χ3v) is 5.70. The van der Waals surface area contributed by atoms with Crippen molar-refractivity contribution in [3.05, 3.63) is 38.9 Å². The molecule has 28 heavy (non-hydrogen) atoms. The molecular formula is C19H23N3O5S. The van der Waals surface area contributed by atoms with Crippen LogP contribution in [0.3, 0.4) is 0 Å². The summed E-state index contributed by atoms with van der Waals surface area (Å²) in [6.45, 7) is 3.14. The quantitative estimate of drug-likeness (QED) is 0.779. The molecule has 3 heterocycles. The van der Waals surface area contributed by atoms with Crippen LogP contribution >= 0.6 is 12.2 Å².